The molecule has 0 unspecified atom stereocenters. The maximum Gasteiger partial charge on any atom is 0.142 e. The van der Waals surface area contributed by atoms with Gasteiger partial charge in [0.05, 0.1) is 17.3 Å². The average molecular weight is 310 g/mol. The van der Waals surface area contributed by atoms with Gasteiger partial charge in [0.15, 0.2) is 0 Å². The van der Waals surface area contributed by atoms with Crippen LogP contribution >= 0.6 is 0 Å². The van der Waals surface area contributed by atoms with Crippen LogP contribution in [0.3, 0.4) is 0 Å². The van der Waals surface area contributed by atoms with Crippen molar-refractivity contribution in [2.24, 2.45) is 0 Å². The van der Waals surface area contributed by atoms with Gasteiger partial charge in [-0.1, -0.05) is 42.0 Å². The largest absolute Gasteiger partial charge is 0.383 e. The van der Waals surface area contributed by atoms with Crippen LogP contribution in [0.5, 0.6) is 0 Å². The highest BCUT2D eigenvalue weighted by atomic mass is 14.8. The molecule has 3 rings (SSSR count). The van der Waals surface area contributed by atoms with Crippen LogP contribution in [0, 0.1) is 29.6 Å². The van der Waals surface area contributed by atoms with Gasteiger partial charge < -0.3 is 5.73 Å². The molecule has 0 spiro atoms. The number of aryl methyl sites for hydroxylation is 1. The van der Waals surface area contributed by atoms with Crippen LogP contribution in [0.4, 0.5) is 5.82 Å². The predicted molar refractivity (Wildman–Crippen MR) is 93.7 cm³/mol. The highest BCUT2D eigenvalue weighted by molar-refractivity contribution is 5.80. The minimum atomic E-state index is 0.204. The lowest BCUT2D eigenvalue weighted by atomic mass is 9.97. The van der Waals surface area contributed by atoms with Crippen molar-refractivity contribution >= 4 is 5.82 Å². The van der Waals surface area contributed by atoms with Crippen molar-refractivity contribution < 1.29 is 0 Å². The van der Waals surface area contributed by atoms with Gasteiger partial charge in [-0.25, -0.2) is 4.98 Å². The monoisotopic (exact) mass is 310 g/mol. The van der Waals surface area contributed by atoms with Crippen LogP contribution in [0.15, 0.2) is 54.6 Å². The molecular formula is C20H14N4. The van der Waals surface area contributed by atoms with Gasteiger partial charge in [-0.2, -0.15) is 10.5 Å². The molecule has 0 atom stereocenters. The molecule has 0 bridgehead atoms. The van der Waals surface area contributed by atoms with Crippen LogP contribution < -0.4 is 5.73 Å². The number of nitrogens with two attached hydrogens (primary N) is 1. The molecule has 2 aromatic carbocycles. The Morgan fingerprint density at radius 3 is 2.08 bits per heavy atom. The Hall–Kier alpha value is -3.63. The number of nitrogen functional groups attached to an aromatic ring is 1. The summed E-state index contributed by atoms with van der Waals surface area (Å²) < 4.78 is 0. The molecule has 0 fully saturated rings. The van der Waals surface area contributed by atoms with Crippen LogP contribution in [-0.4, -0.2) is 4.98 Å². The van der Waals surface area contributed by atoms with E-state index in [0.29, 0.717) is 22.4 Å². The fourth-order valence-corrected chi connectivity index (χ4v) is 2.51. The fourth-order valence-electron chi connectivity index (χ4n) is 2.51. The third kappa shape index (κ3) is 2.82. The highest BCUT2D eigenvalue weighted by Gasteiger charge is 2.13. The number of aromatic nitrogens is 1. The van der Waals surface area contributed by atoms with Crippen LogP contribution in [0.1, 0.15) is 16.7 Å². The van der Waals surface area contributed by atoms with Crippen molar-refractivity contribution in [2.45, 2.75) is 6.92 Å². The summed E-state index contributed by atoms with van der Waals surface area (Å²) in [6, 6.07) is 21.1. The van der Waals surface area contributed by atoms with Gasteiger partial charge in [0.2, 0.25) is 0 Å². The van der Waals surface area contributed by atoms with E-state index in [0.717, 1.165) is 16.7 Å². The van der Waals surface area contributed by atoms with Crippen LogP contribution in [0.25, 0.3) is 22.4 Å². The van der Waals surface area contributed by atoms with Crippen molar-refractivity contribution in [1.82, 2.24) is 4.98 Å². The maximum atomic E-state index is 9.44. The molecule has 1 heterocycles. The maximum absolute atomic E-state index is 9.44. The van der Waals surface area contributed by atoms with Crippen LogP contribution in [-0.2, 0) is 0 Å². The van der Waals surface area contributed by atoms with Gasteiger partial charge in [0.1, 0.15) is 17.5 Å². The Morgan fingerprint density at radius 1 is 0.875 bits per heavy atom. The fraction of sp³-hybridized carbons (Fsp3) is 0.0500. The number of nitriles is 2. The molecule has 114 valence electrons. The van der Waals surface area contributed by atoms with Crippen LogP contribution in [0.2, 0.25) is 0 Å². The van der Waals surface area contributed by atoms with Crippen molar-refractivity contribution in [3.63, 3.8) is 0 Å². The standard InChI is InChI=1S/C20H14N4/c1-13-2-6-16(7-3-13)19-10-17(18(12-22)20(23)24-19)15-8-4-14(11-21)5-9-15/h2-10H,1H3,(H2,23,24). The second-order valence-electron chi connectivity index (χ2n) is 5.48. The van der Waals surface area contributed by atoms with E-state index in [1.807, 2.05) is 49.4 Å². The molecule has 2 N–H and O–H groups in total. The molecule has 0 amide bonds. The zero-order valence-electron chi connectivity index (χ0n) is 13.1. The first-order valence-electron chi connectivity index (χ1n) is 7.40. The number of rotatable bonds is 2. The molecule has 0 saturated heterocycles. The molecule has 24 heavy (non-hydrogen) atoms. The highest BCUT2D eigenvalue weighted by Crippen LogP contribution is 2.31. The molecule has 0 saturated carbocycles. The van der Waals surface area contributed by atoms with E-state index in [9.17, 15) is 5.26 Å². The smallest absolute Gasteiger partial charge is 0.142 e. The molecular weight excluding hydrogens is 296 g/mol. The lowest BCUT2D eigenvalue weighted by Gasteiger charge is -2.10. The molecule has 0 aliphatic heterocycles. The summed E-state index contributed by atoms with van der Waals surface area (Å²) in [6.45, 7) is 2.02. The molecule has 0 radical (unpaired) electrons. The van der Waals surface area contributed by atoms with E-state index in [-0.39, 0.29) is 5.82 Å². The van der Waals surface area contributed by atoms with Crippen molar-refractivity contribution in [2.75, 3.05) is 5.73 Å². The first-order chi connectivity index (χ1) is 11.6. The number of hydrogen-bond donors (Lipinski definition) is 1. The average Bonchev–Trinajstić information content (AvgIpc) is 2.61. The minimum absolute atomic E-state index is 0.204. The summed E-state index contributed by atoms with van der Waals surface area (Å²) >= 11 is 0. The number of nitrogens with zero attached hydrogens (tertiary/aromatic N) is 3. The number of anilines is 1. The normalized spacial score (nSPS) is 9.96. The summed E-state index contributed by atoms with van der Waals surface area (Å²) in [5.41, 5.74) is 11.3. The van der Waals surface area contributed by atoms with Gasteiger partial charge >= 0.3 is 0 Å². The summed E-state index contributed by atoms with van der Waals surface area (Å²) in [4.78, 5) is 4.37. The third-order valence-electron chi connectivity index (χ3n) is 3.83. The third-order valence-corrected chi connectivity index (χ3v) is 3.83. The lowest BCUT2D eigenvalue weighted by molar-refractivity contribution is 1.30. The van der Waals surface area contributed by atoms with Crippen molar-refractivity contribution in [3.05, 3.63) is 71.3 Å². The topological polar surface area (TPSA) is 86.5 Å². The first-order valence-corrected chi connectivity index (χ1v) is 7.40. The predicted octanol–water partition coefficient (Wildman–Crippen LogP) is 4.05. The van der Waals surface area contributed by atoms with E-state index in [1.165, 1.54) is 0 Å². The van der Waals surface area contributed by atoms with E-state index in [4.69, 9.17) is 11.0 Å². The van der Waals surface area contributed by atoms with Gasteiger partial charge in [0.25, 0.3) is 0 Å². The molecule has 1 aromatic heterocycles. The Balaban J connectivity index is 2.18. The molecule has 3 aromatic rings. The van der Waals surface area contributed by atoms with Gasteiger partial charge in [-0.15, -0.1) is 0 Å². The first kappa shape index (κ1) is 15.3. The van der Waals surface area contributed by atoms with Crippen molar-refractivity contribution in [1.29, 1.82) is 10.5 Å². The number of hydrogen-bond acceptors (Lipinski definition) is 4. The zero-order valence-corrected chi connectivity index (χ0v) is 13.1. The molecule has 0 aliphatic rings. The Morgan fingerprint density at radius 2 is 1.50 bits per heavy atom. The summed E-state index contributed by atoms with van der Waals surface area (Å²) in [5.74, 6) is 0.204. The second kappa shape index (κ2) is 6.24. The zero-order chi connectivity index (χ0) is 17.1. The second-order valence-corrected chi connectivity index (χ2v) is 5.48. The quantitative estimate of drug-likeness (QED) is 0.773. The van der Waals surface area contributed by atoms with Gasteiger partial charge in [0, 0.05) is 11.1 Å². The summed E-state index contributed by atoms with van der Waals surface area (Å²) in [5, 5.41) is 18.4. The molecule has 4 nitrogen and oxygen atoms in total. The Kier molecular flexibility index (Phi) is 3.97. The van der Waals surface area contributed by atoms with Crippen molar-refractivity contribution in [3.8, 4) is 34.5 Å². The van der Waals surface area contributed by atoms with E-state index in [1.54, 1.807) is 12.1 Å². The van der Waals surface area contributed by atoms with E-state index >= 15 is 0 Å². The molecule has 4 heteroatoms. The van der Waals surface area contributed by atoms with E-state index < -0.39 is 0 Å². The van der Waals surface area contributed by atoms with Gasteiger partial charge in [-0.3, -0.25) is 0 Å². The van der Waals surface area contributed by atoms with Gasteiger partial charge in [-0.05, 0) is 30.7 Å². The number of pyridine rings is 1. The molecule has 0 aliphatic carbocycles. The summed E-state index contributed by atoms with van der Waals surface area (Å²) in [6.07, 6.45) is 0. The van der Waals surface area contributed by atoms with E-state index in [2.05, 4.69) is 17.1 Å². The minimum Gasteiger partial charge on any atom is -0.383 e. The Bertz CT molecular complexity index is 972. The summed E-state index contributed by atoms with van der Waals surface area (Å²) in [7, 11) is 0. The Labute approximate surface area is 140 Å². The SMILES string of the molecule is Cc1ccc(-c2cc(-c3ccc(C#N)cc3)c(C#N)c(N)n2)cc1. The number of benzene rings is 2. The lowest BCUT2D eigenvalue weighted by Crippen LogP contribution is -1.99.